The summed E-state index contributed by atoms with van der Waals surface area (Å²) in [5.41, 5.74) is 9.64. The van der Waals surface area contributed by atoms with E-state index in [2.05, 4.69) is 117 Å². The number of rotatable bonds is 1. The molecule has 0 fully saturated rings. The largest absolute Gasteiger partial charge is 0.456 e. The van der Waals surface area contributed by atoms with Gasteiger partial charge in [0.1, 0.15) is 11.2 Å². The SMILES string of the molecule is CC1(C)c2cc(-c3ccc4ccc5cccc6ccc3c4c56)ccc2-c2ccc3c(oc4ccccc43)c21. The van der Waals surface area contributed by atoms with Crippen LogP contribution in [0.15, 0.2) is 114 Å². The van der Waals surface area contributed by atoms with Crippen molar-refractivity contribution in [1.82, 2.24) is 0 Å². The molecule has 1 nitrogen and oxygen atoms in total. The molecule has 0 N–H and O–H groups in total. The number of hydrogen-bond donors (Lipinski definition) is 0. The normalized spacial score (nSPS) is 14.3. The Kier molecular flexibility index (Phi) is 3.67. The smallest absolute Gasteiger partial charge is 0.140 e. The fourth-order valence-electron chi connectivity index (χ4n) is 7.22. The number of benzene rings is 7. The molecule has 7 aromatic carbocycles. The molecule has 0 atom stereocenters. The molecule has 1 aliphatic rings. The van der Waals surface area contributed by atoms with Gasteiger partial charge in [-0.25, -0.2) is 0 Å². The average molecular weight is 485 g/mol. The molecule has 1 aliphatic carbocycles. The first-order valence-corrected chi connectivity index (χ1v) is 13.4. The van der Waals surface area contributed by atoms with Crippen molar-refractivity contribution in [1.29, 1.82) is 0 Å². The van der Waals surface area contributed by atoms with E-state index in [1.165, 1.54) is 76.5 Å². The zero-order valence-corrected chi connectivity index (χ0v) is 21.3. The van der Waals surface area contributed by atoms with Crippen LogP contribution >= 0.6 is 0 Å². The molecule has 0 saturated carbocycles. The Labute approximate surface area is 220 Å². The summed E-state index contributed by atoms with van der Waals surface area (Å²) in [4.78, 5) is 0. The lowest BCUT2D eigenvalue weighted by Gasteiger charge is -2.22. The van der Waals surface area contributed by atoms with E-state index in [-0.39, 0.29) is 5.41 Å². The van der Waals surface area contributed by atoms with Crippen molar-refractivity contribution in [2.24, 2.45) is 0 Å². The van der Waals surface area contributed by atoms with Crippen molar-refractivity contribution in [3.05, 3.63) is 120 Å². The van der Waals surface area contributed by atoms with E-state index < -0.39 is 0 Å². The molecule has 0 aliphatic heterocycles. The highest BCUT2D eigenvalue weighted by Crippen LogP contribution is 2.53. The van der Waals surface area contributed by atoms with Gasteiger partial charge in [0, 0.05) is 21.8 Å². The van der Waals surface area contributed by atoms with Gasteiger partial charge in [0.25, 0.3) is 0 Å². The molecule has 0 amide bonds. The van der Waals surface area contributed by atoms with Crippen molar-refractivity contribution < 1.29 is 4.42 Å². The number of furan rings is 1. The third kappa shape index (κ3) is 2.42. The molecule has 9 rings (SSSR count). The highest BCUT2D eigenvalue weighted by molar-refractivity contribution is 6.25. The summed E-state index contributed by atoms with van der Waals surface area (Å²) in [6.07, 6.45) is 0. The molecule has 1 heterocycles. The van der Waals surface area contributed by atoms with Crippen LogP contribution in [0.25, 0.3) is 76.5 Å². The summed E-state index contributed by atoms with van der Waals surface area (Å²) in [6, 6.07) is 40.2. The topological polar surface area (TPSA) is 13.1 Å². The van der Waals surface area contributed by atoms with Crippen molar-refractivity contribution in [3.8, 4) is 22.3 Å². The van der Waals surface area contributed by atoms with Crippen molar-refractivity contribution >= 4 is 54.3 Å². The molecule has 1 heteroatoms. The lowest BCUT2D eigenvalue weighted by atomic mass is 9.80. The van der Waals surface area contributed by atoms with Crippen LogP contribution in [0.1, 0.15) is 25.0 Å². The molecule has 1 aromatic heterocycles. The van der Waals surface area contributed by atoms with E-state index in [0.717, 1.165) is 11.2 Å². The zero-order valence-electron chi connectivity index (χ0n) is 21.3. The van der Waals surface area contributed by atoms with Crippen LogP contribution in [-0.2, 0) is 5.41 Å². The van der Waals surface area contributed by atoms with Crippen LogP contribution in [0.3, 0.4) is 0 Å². The quantitative estimate of drug-likeness (QED) is 0.211. The summed E-state index contributed by atoms with van der Waals surface area (Å²) in [7, 11) is 0. The highest BCUT2D eigenvalue weighted by Gasteiger charge is 2.38. The van der Waals surface area contributed by atoms with Crippen LogP contribution in [0, 0.1) is 0 Å². The maximum Gasteiger partial charge on any atom is 0.140 e. The second-order valence-electron chi connectivity index (χ2n) is 11.3. The summed E-state index contributed by atoms with van der Waals surface area (Å²) in [6.45, 7) is 4.69. The van der Waals surface area contributed by atoms with Crippen LogP contribution < -0.4 is 0 Å². The van der Waals surface area contributed by atoms with Gasteiger partial charge in [-0.15, -0.1) is 0 Å². The molecular formula is C37H24O. The summed E-state index contributed by atoms with van der Waals surface area (Å²) in [5, 5.41) is 10.3. The lowest BCUT2D eigenvalue weighted by molar-refractivity contribution is 0.620. The highest BCUT2D eigenvalue weighted by atomic mass is 16.3. The fourth-order valence-corrected chi connectivity index (χ4v) is 7.22. The van der Waals surface area contributed by atoms with Crippen molar-refractivity contribution in [3.63, 3.8) is 0 Å². The fraction of sp³-hybridized carbons (Fsp3) is 0.0811. The average Bonchev–Trinajstić information content (AvgIpc) is 3.44. The van der Waals surface area contributed by atoms with Crippen LogP contribution in [0.4, 0.5) is 0 Å². The van der Waals surface area contributed by atoms with Crippen LogP contribution in [0.5, 0.6) is 0 Å². The van der Waals surface area contributed by atoms with Gasteiger partial charge in [-0.05, 0) is 78.3 Å². The second kappa shape index (κ2) is 6.82. The van der Waals surface area contributed by atoms with E-state index in [9.17, 15) is 0 Å². The standard InChI is InChI=1S/C37H24O/c1-37(2)31-20-24(25-15-12-23-11-10-21-6-5-7-22-13-17-28(25)34(23)33(21)22)14-16-26(31)29-18-19-30-27-8-3-4-9-32(27)38-36(30)35(29)37/h3-20H,1-2H3. The van der Waals surface area contributed by atoms with E-state index in [0.29, 0.717) is 0 Å². The van der Waals surface area contributed by atoms with Crippen LogP contribution in [0.2, 0.25) is 0 Å². The number of fused-ring (bicyclic) bond motifs is 7. The van der Waals surface area contributed by atoms with Gasteiger partial charge in [-0.3, -0.25) is 0 Å². The minimum Gasteiger partial charge on any atom is -0.456 e. The molecule has 0 unspecified atom stereocenters. The molecule has 0 bridgehead atoms. The molecule has 38 heavy (non-hydrogen) atoms. The molecule has 0 radical (unpaired) electrons. The maximum atomic E-state index is 6.50. The molecule has 178 valence electrons. The molecule has 0 spiro atoms. The first-order valence-electron chi connectivity index (χ1n) is 13.4. The monoisotopic (exact) mass is 484 g/mol. The van der Waals surface area contributed by atoms with Crippen molar-refractivity contribution in [2.75, 3.05) is 0 Å². The van der Waals surface area contributed by atoms with E-state index in [4.69, 9.17) is 4.42 Å². The van der Waals surface area contributed by atoms with E-state index in [1.807, 2.05) is 6.07 Å². The summed E-state index contributed by atoms with van der Waals surface area (Å²) < 4.78 is 6.50. The summed E-state index contributed by atoms with van der Waals surface area (Å²) in [5.74, 6) is 0. The third-order valence-corrected chi connectivity index (χ3v) is 8.99. The minimum atomic E-state index is -0.169. The Hall–Kier alpha value is -4.62. The predicted octanol–water partition coefficient (Wildman–Crippen LogP) is 10.5. The Morgan fingerprint density at radius 2 is 1.21 bits per heavy atom. The first-order chi connectivity index (χ1) is 18.6. The number of para-hydroxylation sites is 1. The van der Waals surface area contributed by atoms with Gasteiger partial charge >= 0.3 is 0 Å². The predicted molar refractivity (Wildman–Crippen MR) is 160 cm³/mol. The van der Waals surface area contributed by atoms with E-state index in [1.54, 1.807) is 0 Å². The van der Waals surface area contributed by atoms with Gasteiger partial charge in [0.15, 0.2) is 0 Å². The van der Waals surface area contributed by atoms with Gasteiger partial charge in [-0.1, -0.05) is 105 Å². The van der Waals surface area contributed by atoms with Crippen LogP contribution in [-0.4, -0.2) is 0 Å². The van der Waals surface area contributed by atoms with Gasteiger partial charge in [0.05, 0.1) is 0 Å². The molecule has 8 aromatic rings. The lowest BCUT2D eigenvalue weighted by Crippen LogP contribution is -2.15. The van der Waals surface area contributed by atoms with Gasteiger partial charge < -0.3 is 4.42 Å². The molecular weight excluding hydrogens is 460 g/mol. The molecule has 0 saturated heterocycles. The number of hydrogen-bond acceptors (Lipinski definition) is 1. The Morgan fingerprint density at radius 1 is 0.526 bits per heavy atom. The van der Waals surface area contributed by atoms with Gasteiger partial charge in [-0.2, -0.15) is 0 Å². The first kappa shape index (κ1) is 20.4. The van der Waals surface area contributed by atoms with Gasteiger partial charge in [0.2, 0.25) is 0 Å². The van der Waals surface area contributed by atoms with E-state index >= 15 is 0 Å². The maximum absolute atomic E-state index is 6.50. The summed E-state index contributed by atoms with van der Waals surface area (Å²) >= 11 is 0. The zero-order chi connectivity index (χ0) is 25.2. The minimum absolute atomic E-state index is 0.169. The Morgan fingerprint density at radius 3 is 2.08 bits per heavy atom. The van der Waals surface area contributed by atoms with Crippen molar-refractivity contribution in [2.45, 2.75) is 19.3 Å². The third-order valence-electron chi connectivity index (χ3n) is 8.99. The Bertz CT molecular complexity index is 2240. The Balaban J connectivity index is 1.30. The second-order valence-corrected chi connectivity index (χ2v) is 11.3.